The highest BCUT2D eigenvalue weighted by atomic mass is 16.5. The van der Waals surface area contributed by atoms with Crippen LogP contribution in [0.4, 0.5) is 0 Å². The first-order valence-corrected chi connectivity index (χ1v) is 13.2. The molecule has 6 heteroatoms. The second kappa shape index (κ2) is 12.2. The fourth-order valence-corrected chi connectivity index (χ4v) is 5.39. The van der Waals surface area contributed by atoms with E-state index in [0.29, 0.717) is 12.5 Å². The summed E-state index contributed by atoms with van der Waals surface area (Å²) in [6.45, 7) is 2.54. The summed E-state index contributed by atoms with van der Waals surface area (Å²) in [7, 11) is 1.77. The Balaban J connectivity index is 1.51. The van der Waals surface area contributed by atoms with Crippen molar-refractivity contribution in [3.8, 4) is 11.5 Å². The number of rotatable bonds is 9. The Morgan fingerprint density at radius 3 is 2.46 bits per heavy atom. The molecule has 0 aromatic heterocycles. The largest absolute Gasteiger partial charge is 0.457 e. The number of likely N-dealkylation sites (tertiary alicyclic amines) is 1. The molecule has 2 aromatic rings. The number of ether oxygens (including phenoxy) is 1. The molecule has 1 saturated heterocycles. The van der Waals surface area contributed by atoms with Crippen LogP contribution in [0, 0.1) is 5.92 Å². The van der Waals surface area contributed by atoms with Crippen LogP contribution in [0.2, 0.25) is 0 Å². The Morgan fingerprint density at radius 2 is 1.71 bits per heavy atom. The molecule has 35 heavy (non-hydrogen) atoms. The van der Waals surface area contributed by atoms with Gasteiger partial charge in [-0.3, -0.25) is 9.59 Å². The molecule has 2 aromatic carbocycles. The van der Waals surface area contributed by atoms with E-state index in [-0.39, 0.29) is 23.9 Å². The maximum atomic E-state index is 13.9. The van der Waals surface area contributed by atoms with Crippen molar-refractivity contribution in [2.75, 3.05) is 13.6 Å². The van der Waals surface area contributed by atoms with Gasteiger partial charge in [0.25, 0.3) is 0 Å². The zero-order chi connectivity index (χ0) is 24.6. The van der Waals surface area contributed by atoms with Crippen molar-refractivity contribution in [3.63, 3.8) is 0 Å². The second-order valence-electron chi connectivity index (χ2n) is 9.99. The van der Waals surface area contributed by atoms with Crippen molar-refractivity contribution in [2.45, 2.75) is 76.4 Å². The maximum Gasteiger partial charge on any atom is 0.245 e. The van der Waals surface area contributed by atoms with Gasteiger partial charge in [-0.25, -0.2) is 0 Å². The number of amides is 2. The first kappa shape index (κ1) is 25.2. The summed E-state index contributed by atoms with van der Waals surface area (Å²) in [5.74, 6) is 1.98. The van der Waals surface area contributed by atoms with Gasteiger partial charge in [-0.15, -0.1) is 0 Å². The third-order valence-electron chi connectivity index (χ3n) is 7.49. The fraction of sp³-hybridized carbons (Fsp3) is 0.517. The lowest BCUT2D eigenvalue weighted by Gasteiger charge is -2.33. The summed E-state index contributed by atoms with van der Waals surface area (Å²) >= 11 is 0. The highest BCUT2D eigenvalue weighted by Crippen LogP contribution is 2.36. The van der Waals surface area contributed by atoms with Crippen LogP contribution in [-0.2, 0) is 9.59 Å². The Morgan fingerprint density at radius 1 is 0.971 bits per heavy atom. The number of hydrogen-bond acceptors (Lipinski definition) is 4. The standard InChI is InChI=1S/C29H39N3O3/c1-21(30-2)28(33)31-26(19-22-11-5-3-6-12-22)29(34)32-18-10-17-27(32)23-13-9-16-25(20-23)35-24-14-7-4-8-15-24/h4,7-9,13-16,20-22,26-27,30H,3,5-6,10-12,17-19H2,1-2H3,(H,31,33)/t21-,26-,27-/m0/s1. The summed E-state index contributed by atoms with van der Waals surface area (Å²) in [6, 6.07) is 17.0. The van der Waals surface area contributed by atoms with E-state index in [1.165, 1.54) is 19.3 Å². The summed E-state index contributed by atoms with van der Waals surface area (Å²) in [5.41, 5.74) is 1.08. The van der Waals surface area contributed by atoms with Crippen LogP contribution < -0.4 is 15.4 Å². The lowest BCUT2D eigenvalue weighted by atomic mass is 9.84. The molecular formula is C29H39N3O3. The van der Waals surface area contributed by atoms with E-state index < -0.39 is 6.04 Å². The molecule has 1 saturated carbocycles. The van der Waals surface area contributed by atoms with E-state index in [9.17, 15) is 9.59 Å². The molecular weight excluding hydrogens is 438 g/mol. The van der Waals surface area contributed by atoms with Gasteiger partial charge < -0.3 is 20.3 Å². The minimum absolute atomic E-state index is 0.00527. The van der Waals surface area contributed by atoms with Gasteiger partial charge in [0.2, 0.25) is 11.8 Å². The zero-order valence-electron chi connectivity index (χ0n) is 21.0. The number of nitrogens with zero attached hydrogens (tertiary/aromatic N) is 1. The molecule has 2 N–H and O–H groups in total. The van der Waals surface area contributed by atoms with Crippen LogP contribution in [0.3, 0.4) is 0 Å². The molecule has 188 valence electrons. The molecule has 3 atom stereocenters. The minimum atomic E-state index is -0.481. The summed E-state index contributed by atoms with van der Waals surface area (Å²) in [6.07, 6.45) is 8.58. The van der Waals surface area contributed by atoms with Gasteiger partial charge in [-0.2, -0.15) is 0 Å². The first-order chi connectivity index (χ1) is 17.0. The Hall–Kier alpha value is -2.86. The molecule has 4 rings (SSSR count). The molecule has 1 heterocycles. The molecule has 2 amide bonds. The molecule has 1 aliphatic carbocycles. The fourth-order valence-electron chi connectivity index (χ4n) is 5.39. The van der Waals surface area contributed by atoms with Crippen molar-refractivity contribution in [2.24, 2.45) is 5.92 Å². The molecule has 0 radical (unpaired) electrons. The predicted octanol–water partition coefficient (Wildman–Crippen LogP) is 5.21. The van der Waals surface area contributed by atoms with Gasteiger partial charge in [0.1, 0.15) is 17.5 Å². The third-order valence-corrected chi connectivity index (χ3v) is 7.49. The summed E-state index contributed by atoms with van der Waals surface area (Å²) in [4.78, 5) is 28.6. The van der Waals surface area contributed by atoms with Crippen LogP contribution in [0.25, 0.3) is 0 Å². The number of para-hydroxylation sites is 1. The molecule has 6 nitrogen and oxygen atoms in total. The third kappa shape index (κ3) is 6.63. The lowest BCUT2D eigenvalue weighted by Crippen LogP contribution is -2.53. The van der Waals surface area contributed by atoms with Crippen molar-refractivity contribution < 1.29 is 14.3 Å². The van der Waals surface area contributed by atoms with Crippen molar-refractivity contribution in [3.05, 3.63) is 60.2 Å². The average molecular weight is 478 g/mol. The van der Waals surface area contributed by atoms with Crippen LogP contribution in [0.5, 0.6) is 11.5 Å². The first-order valence-electron chi connectivity index (χ1n) is 13.2. The predicted molar refractivity (Wildman–Crippen MR) is 138 cm³/mol. The quantitative estimate of drug-likeness (QED) is 0.520. The topological polar surface area (TPSA) is 70.7 Å². The van der Waals surface area contributed by atoms with E-state index in [1.807, 2.05) is 60.4 Å². The van der Waals surface area contributed by atoms with E-state index in [0.717, 1.165) is 49.2 Å². The smallest absolute Gasteiger partial charge is 0.245 e. The van der Waals surface area contributed by atoms with E-state index >= 15 is 0 Å². The zero-order valence-corrected chi connectivity index (χ0v) is 21.0. The van der Waals surface area contributed by atoms with Crippen LogP contribution >= 0.6 is 0 Å². The van der Waals surface area contributed by atoms with Crippen LogP contribution in [0.15, 0.2) is 54.6 Å². The maximum absolute atomic E-state index is 13.9. The van der Waals surface area contributed by atoms with E-state index in [1.54, 1.807) is 7.05 Å². The summed E-state index contributed by atoms with van der Waals surface area (Å²) in [5, 5.41) is 6.08. The number of likely N-dealkylation sites (N-methyl/N-ethyl adjacent to an activating group) is 1. The highest BCUT2D eigenvalue weighted by molar-refractivity contribution is 5.90. The van der Waals surface area contributed by atoms with Gasteiger partial charge in [-0.05, 0) is 69.0 Å². The van der Waals surface area contributed by atoms with E-state index in [2.05, 4.69) is 16.7 Å². The summed E-state index contributed by atoms with van der Waals surface area (Å²) < 4.78 is 6.05. The van der Waals surface area contributed by atoms with Crippen LogP contribution in [0.1, 0.15) is 69.9 Å². The molecule has 0 unspecified atom stereocenters. The van der Waals surface area contributed by atoms with Crippen molar-refractivity contribution in [1.29, 1.82) is 0 Å². The molecule has 0 bridgehead atoms. The number of hydrogen-bond donors (Lipinski definition) is 2. The number of carbonyl (C=O) groups is 2. The van der Waals surface area contributed by atoms with Gasteiger partial charge in [0.05, 0.1) is 12.1 Å². The monoisotopic (exact) mass is 477 g/mol. The molecule has 0 spiro atoms. The van der Waals surface area contributed by atoms with Gasteiger partial charge in [-0.1, -0.05) is 62.4 Å². The van der Waals surface area contributed by atoms with Crippen molar-refractivity contribution in [1.82, 2.24) is 15.5 Å². The van der Waals surface area contributed by atoms with Gasteiger partial charge in [0, 0.05) is 6.54 Å². The minimum Gasteiger partial charge on any atom is -0.457 e. The SMILES string of the molecule is CN[C@@H](C)C(=O)N[C@@H](CC1CCCCC1)C(=O)N1CCC[C@H]1c1cccc(Oc2ccccc2)c1. The Kier molecular flexibility index (Phi) is 8.80. The van der Waals surface area contributed by atoms with Crippen molar-refractivity contribution >= 4 is 11.8 Å². The Labute approximate surface area is 209 Å². The number of benzene rings is 2. The molecule has 2 fully saturated rings. The highest BCUT2D eigenvalue weighted by Gasteiger charge is 2.36. The number of nitrogens with one attached hydrogen (secondary N) is 2. The lowest BCUT2D eigenvalue weighted by molar-refractivity contribution is -0.138. The Bertz CT molecular complexity index is 974. The van der Waals surface area contributed by atoms with E-state index in [4.69, 9.17) is 4.74 Å². The average Bonchev–Trinajstić information content (AvgIpc) is 3.39. The molecule has 1 aliphatic heterocycles. The van der Waals surface area contributed by atoms with Crippen LogP contribution in [-0.4, -0.2) is 42.4 Å². The number of carbonyl (C=O) groups excluding carboxylic acids is 2. The van der Waals surface area contributed by atoms with Gasteiger partial charge >= 0.3 is 0 Å². The van der Waals surface area contributed by atoms with Gasteiger partial charge in [0.15, 0.2) is 0 Å². The second-order valence-corrected chi connectivity index (χ2v) is 9.99. The normalized spacial score (nSPS) is 20.3. The molecule has 2 aliphatic rings.